The number of imidazole rings is 1. The molecule has 2 rings (SSSR count). The van der Waals surface area contributed by atoms with Gasteiger partial charge in [0.05, 0.1) is 12.4 Å². The van der Waals surface area contributed by atoms with Crippen LogP contribution in [0.3, 0.4) is 0 Å². The fourth-order valence-electron chi connectivity index (χ4n) is 1.98. The van der Waals surface area contributed by atoms with E-state index >= 15 is 0 Å². The minimum Gasteiger partial charge on any atom is -0.391 e. The van der Waals surface area contributed by atoms with Gasteiger partial charge in [-0.05, 0) is 37.0 Å². The first-order valence-corrected chi connectivity index (χ1v) is 6.98. The van der Waals surface area contributed by atoms with Gasteiger partial charge in [-0.25, -0.2) is 4.98 Å². The summed E-state index contributed by atoms with van der Waals surface area (Å²) >= 11 is 11.9. The Hall–Kier alpha value is -1.03. The number of hydrogen-bond acceptors (Lipinski definition) is 2. The topological polar surface area (TPSA) is 38.0 Å². The first kappa shape index (κ1) is 14.4. The van der Waals surface area contributed by atoms with E-state index in [1.54, 1.807) is 18.6 Å². The Kier molecular flexibility index (Phi) is 5.25. The smallest absolute Gasteiger partial charge is 0.0946 e. The van der Waals surface area contributed by atoms with Crippen LogP contribution in [0.5, 0.6) is 0 Å². The number of aliphatic hydroxyl groups excluding tert-OH is 1. The van der Waals surface area contributed by atoms with Crippen molar-refractivity contribution in [2.24, 2.45) is 0 Å². The molecule has 0 aliphatic heterocycles. The van der Waals surface area contributed by atoms with Gasteiger partial charge in [-0.1, -0.05) is 29.3 Å². The first-order valence-electron chi connectivity index (χ1n) is 6.23. The molecular formula is C14H16Cl2N2O. The molecule has 19 heavy (non-hydrogen) atoms. The lowest BCUT2D eigenvalue weighted by Crippen LogP contribution is -2.15. The minimum atomic E-state index is -0.361. The van der Waals surface area contributed by atoms with Crippen molar-refractivity contribution in [2.75, 3.05) is 0 Å². The van der Waals surface area contributed by atoms with Crippen molar-refractivity contribution in [3.05, 3.63) is 52.5 Å². The number of hydrogen-bond donors (Lipinski definition) is 1. The Balaban J connectivity index is 1.76. The van der Waals surface area contributed by atoms with Crippen LogP contribution in [-0.4, -0.2) is 20.8 Å². The Labute approximate surface area is 122 Å². The number of aliphatic hydroxyl groups is 1. The van der Waals surface area contributed by atoms with Gasteiger partial charge in [-0.3, -0.25) is 0 Å². The molecule has 0 bridgehead atoms. The van der Waals surface area contributed by atoms with Gasteiger partial charge < -0.3 is 9.67 Å². The summed E-state index contributed by atoms with van der Waals surface area (Å²) in [6.45, 7) is 0.578. The highest BCUT2D eigenvalue weighted by Gasteiger charge is 2.06. The molecule has 1 aromatic carbocycles. The van der Waals surface area contributed by atoms with E-state index in [1.165, 1.54) is 0 Å². The second-order valence-electron chi connectivity index (χ2n) is 4.54. The largest absolute Gasteiger partial charge is 0.391 e. The standard InChI is InChI=1S/C14H16Cl2N2O/c15-12-5-4-11(14(16)8-12)2-1-3-13(19)9-18-7-6-17-10-18/h4-8,10,13,19H,1-3,9H2. The molecule has 0 amide bonds. The van der Waals surface area contributed by atoms with E-state index in [4.69, 9.17) is 23.2 Å². The molecule has 3 nitrogen and oxygen atoms in total. The van der Waals surface area contributed by atoms with E-state index < -0.39 is 0 Å². The molecule has 0 radical (unpaired) electrons. The van der Waals surface area contributed by atoms with E-state index in [0.29, 0.717) is 16.6 Å². The lowest BCUT2D eigenvalue weighted by Gasteiger charge is -2.11. The SMILES string of the molecule is OC(CCCc1ccc(Cl)cc1Cl)Cn1ccnc1. The third-order valence-corrected chi connectivity index (χ3v) is 3.57. The fourth-order valence-corrected chi connectivity index (χ4v) is 2.48. The summed E-state index contributed by atoms with van der Waals surface area (Å²) in [5.41, 5.74) is 1.07. The van der Waals surface area contributed by atoms with Crippen molar-refractivity contribution < 1.29 is 5.11 Å². The van der Waals surface area contributed by atoms with Crippen LogP contribution < -0.4 is 0 Å². The molecule has 0 saturated carbocycles. The van der Waals surface area contributed by atoms with Crippen molar-refractivity contribution in [2.45, 2.75) is 31.9 Å². The molecule has 1 N–H and O–H groups in total. The molecule has 0 spiro atoms. The molecule has 1 unspecified atom stereocenters. The van der Waals surface area contributed by atoms with Gasteiger partial charge >= 0.3 is 0 Å². The van der Waals surface area contributed by atoms with Crippen LogP contribution in [0.2, 0.25) is 10.0 Å². The zero-order chi connectivity index (χ0) is 13.7. The predicted molar refractivity (Wildman–Crippen MR) is 77.6 cm³/mol. The molecule has 0 fully saturated rings. The highest BCUT2D eigenvalue weighted by atomic mass is 35.5. The summed E-state index contributed by atoms with van der Waals surface area (Å²) < 4.78 is 1.87. The van der Waals surface area contributed by atoms with Crippen LogP contribution in [0.25, 0.3) is 0 Å². The zero-order valence-electron chi connectivity index (χ0n) is 10.5. The highest BCUT2D eigenvalue weighted by Crippen LogP contribution is 2.22. The molecule has 0 aliphatic carbocycles. The minimum absolute atomic E-state index is 0.361. The van der Waals surface area contributed by atoms with Crippen molar-refractivity contribution in [1.29, 1.82) is 0 Å². The van der Waals surface area contributed by atoms with Crippen LogP contribution in [-0.2, 0) is 13.0 Å². The van der Waals surface area contributed by atoms with Crippen LogP contribution in [0.15, 0.2) is 36.9 Å². The maximum atomic E-state index is 9.91. The highest BCUT2D eigenvalue weighted by molar-refractivity contribution is 6.35. The maximum absolute atomic E-state index is 9.91. The Morgan fingerprint density at radius 1 is 1.32 bits per heavy atom. The lowest BCUT2D eigenvalue weighted by molar-refractivity contribution is 0.142. The van der Waals surface area contributed by atoms with E-state index in [9.17, 15) is 5.11 Å². The van der Waals surface area contributed by atoms with Gasteiger partial charge in [0.15, 0.2) is 0 Å². The average molecular weight is 299 g/mol. The van der Waals surface area contributed by atoms with Gasteiger partial charge in [0, 0.05) is 29.0 Å². The second-order valence-corrected chi connectivity index (χ2v) is 5.38. The Morgan fingerprint density at radius 3 is 2.84 bits per heavy atom. The van der Waals surface area contributed by atoms with Crippen molar-refractivity contribution in [3.8, 4) is 0 Å². The van der Waals surface area contributed by atoms with Crippen LogP contribution in [0.1, 0.15) is 18.4 Å². The van der Waals surface area contributed by atoms with Gasteiger partial charge in [-0.15, -0.1) is 0 Å². The predicted octanol–water partition coefficient (Wildman–Crippen LogP) is 3.57. The molecule has 102 valence electrons. The van der Waals surface area contributed by atoms with E-state index in [0.717, 1.165) is 24.8 Å². The summed E-state index contributed by atoms with van der Waals surface area (Å²) in [7, 11) is 0. The zero-order valence-corrected chi connectivity index (χ0v) is 12.0. The average Bonchev–Trinajstić information content (AvgIpc) is 2.84. The van der Waals surface area contributed by atoms with Gasteiger partial charge in [0.1, 0.15) is 0 Å². The molecular weight excluding hydrogens is 283 g/mol. The molecule has 0 aliphatic rings. The number of aromatic nitrogens is 2. The maximum Gasteiger partial charge on any atom is 0.0946 e. The molecule has 5 heteroatoms. The third-order valence-electron chi connectivity index (χ3n) is 2.98. The number of halogens is 2. The number of aryl methyl sites for hydroxylation is 1. The van der Waals surface area contributed by atoms with Crippen molar-refractivity contribution >= 4 is 23.2 Å². The quantitative estimate of drug-likeness (QED) is 0.885. The van der Waals surface area contributed by atoms with Gasteiger partial charge in [0.25, 0.3) is 0 Å². The normalized spacial score (nSPS) is 12.6. The Morgan fingerprint density at radius 2 is 2.16 bits per heavy atom. The first-order chi connectivity index (χ1) is 9.15. The second kappa shape index (κ2) is 6.94. The van der Waals surface area contributed by atoms with Crippen LogP contribution >= 0.6 is 23.2 Å². The van der Waals surface area contributed by atoms with Crippen molar-refractivity contribution in [1.82, 2.24) is 9.55 Å². The number of rotatable bonds is 6. The number of nitrogens with zero attached hydrogens (tertiary/aromatic N) is 2. The van der Waals surface area contributed by atoms with Crippen LogP contribution in [0.4, 0.5) is 0 Å². The summed E-state index contributed by atoms with van der Waals surface area (Å²) in [5.74, 6) is 0. The molecule has 0 saturated heterocycles. The summed E-state index contributed by atoms with van der Waals surface area (Å²) in [6, 6.07) is 5.53. The summed E-state index contributed by atoms with van der Waals surface area (Å²) in [4.78, 5) is 3.94. The molecule has 2 aromatic rings. The van der Waals surface area contributed by atoms with Gasteiger partial charge in [0.2, 0.25) is 0 Å². The molecule has 1 heterocycles. The van der Waals surface area contributed by atoms with Crippen LogP contribution in [0, 0.1) is 0 Å². The van der Waals surface area contributed by atoms with Gasteiger partial charge in [-0.2, -0.15) is 0 Å². The summed E-state index contributed by atoms with van der Waals surface area (Å²) in [6.07, 6.45) is 7.37. The number of benzene rings is 1. The molecule has 1 atom stereocenters. The monoisotopic (exact) mass is 298 g/mol. The Bertz CT molecular complexity index is 514. The lowest BCUT2D eigenvalue weighted by atomic mass is 10.1. The van der Waals surface area contributed by atoms with Crippen molar-refractivity contribution in [3.63, 3.8) is 0 Å². The van der Waals surface area contributed by atoms with E-state index in [2.05, 4.69) is 4.98 Å². The third kappa shape index (κ3) is 4.53. The van der Waals surface area contributed by atoms with E-state index in [1.807, 2.05) is 22.9 Å². The summed E-state index contributed by atoms with van der Waals surface area (Å²) in [5, 5.41) is 11.2. The fraction of sp³-hybridized carbons (Fsp3) is 0.357. The molecule has 1 aromatic heterocycles. The van der Waals surface area contributed by atoms with E-state index in [-0.39, 0.29) is 6.10 Å².